The summed E-state index contributed by atoms with van der Waals surface area (Å²) < 4.78 is 21.6. The Hall–Kier alpha value is -2.60. The minimum atomic E-state index is -1.28. The van der Waals surface area contributed by atoms with Gasteiger partial charge in [0, 0.05) is 24.7 Å². The lowest BCUT2D eigenvalue weighted by atomic mass is 9.80. The molecule has 1 aliphatic rings. The van der Waals surface area contributed by atoms with Crippen LogP contribution < -0.4 is 4.74 Å². The van der Waals surface area contributed by atoms with Gasteiger partial charge in [-0.15, -0.1) is 0 Å². The summed E-state index contributed by atoms with van der Waals surface area (Å²) in [5, 5.41) is 0. The average Bonchev–Trinajstić information content (AvgIpc) is 2.65. The minimum absolute atomic E-state index is 0.258. The molecule has 2 rings (SSSR count). The molecule has 1 aromatic carbocycles. The fraction of sp³-hybridized carbons (Fsp3) is 0.333. The number of aldehydes is 2. The van der Waals surface area contributed by atoms with Crippen LogP contribution in [0.2, 0.25) is 0 Å². The molecular weight excluding hydrogens is 312 g/mol. The third-order valence-electron chi connectivity index (χ3n) is 4.10. The zero-order valence-electron chi connectivity index (χ0n) is 14.1. The van der Waals surface area contributed by atoms with E-state index in [1.165, 1.54) is 28.4 Å². The Morgan fingerprint density at radius 1 is 1.04 bits per heavy atom. The summed E-state index contributed by atoms with van der Waals surface area (Å²) in [4.78, 5) is 23.4. The number of hydrogen-bond donors (Lipinski definition) is 0. The number of rotatable bonds is 7. The first-order valence-electron chi connectivity index (χ1n) is 7.29. The Labute approximate surface area is 140 Å². The summed E-state index contributed by atoms with van der Waals surface area (Å²) in [6.45, 7) is 0. The molecule has 0 N–H and O–H groups in total. The van der Waals surface area contributed by atoms with Gasteiger partial charge in [-0.25, -0.2) is 0 Å². The van der Waals surface area contributed by atoms with Crippen LogP contribution in [0.5, 0.6) is 5.75 Å². The molecule has 0 bridgehead atoms. The molecule has 6 heteroatoms. The van der Waals surface area contributed by atoms with Crippen molar-refractivity contribution in [3.8, 4) is 5.75 Å². The predicted octanol–water partition coefficient (Wildman–Crippen LogP) is 2.38. The molecule has 0 aliphatic heterocycles. The third kappa shape index (κ3) is 2.80. The van der Waals surface area contributed by atoms with Gasteiger partial charge in [-0.2, -0.15) is 0 Å². The summed E-state index contributed by atoms with van der Waals surface area (Å²) in [7, 11) is 5.94. The van der Waals surface area contributed by atoms with Gasteiger partial charge in [-0.05, 0) is 29.8 Å². The Balaban J connectivity index is 2.85. The van der Waals surface area contributed by atoms with Crippen molar-refractivity contribution in [3.63, 3.8) is 0 Å². The van der Waals surface area contributed by atoms with E-state index in [0.29, 0.717) is 46.5 Å². The van der Waals surface area contributed by atoms with Crippen molar-refractivity contribution < 1.29 is 28.5 Å². The van der Waals surface area contributed by atoms with Gasteiger partial charge in [0.15, 0.2) is 29.7 Å². The smallest absolute Gasteiger partial charge is 0.167 e. The second kappa shape index (κ2) is 7.31. The molecule has 0 radical (unpaired) electrons. The Kier molecular flexibility index (Phi) is 5.41. The molecule has 0 saturated heterocycles. The van der Waals surface area contributed by atoms with Gasteiger partial charge in [-0.1, -0.05) is 0 Å². The summed E-state index contributed by atoms with van der Waals surface area (Å²) in [5.74, 6) is 1.36. The molecule has 1 atom stereocenters. The summed E-state index contributed by atoms with van der Waals surface area (Å²) in [6.07, 6.45) is 3.40. The molecule has 1 unspecified atom stereocenters. The van der Waals surface area contributed by atoms with Crippen LogP contribution in [0.15, 0.2) is 35.8 Å². The highest BCUT2D eigenvalue weighted by Gasteiger charge is 2.42. The number of benzene rings is 1. The topological polar surface area (TPSA) is 71.1 Å². The molecule has 0 amide bonds. The van der Waals surface area contributed by atoms with Gasteiger partial charge >= 0.3 is 0 Å². The molecule has 0 fully saturated rings. The van der Waals surface area contributed by atoms with Gasteiger partial charge in [0.25, 0.3) is 0 Å². The minimum Gasteiger partial charge on any atom is -0.497 e. The van der Waals surface area contributed by atoms with E-state index in [1.807, 2.05) is 0 Å². The first-order chi connectivity index (χ1) is 11.6. The van der Waals surface area contributed by atoms with Crippen LogP contribution in [0.4, 0.5) is 0 Å². The summed E-state index contributed by atoms with van der Waals surface area (Å²) in [5.41, 5.74) is 0.0407. The zero-order chi connectivity index (χ0) is 17.7. The molecule has 0 spiro atoms. The summed E-state index contributed by atoms with van der Waals surface area (Å²) in [6, 6.07) is 4.97. The summed E-state index contributed by atoms with van der Waals surface area (Å²) >= 11 is 0. The van der Waals surface area contributed by atoms with Crippen LogP contribution in [0.3, 0.4) is 0 Å². The van der Waals surface area contributed by atoms with E-state index in [4.69, 9.17) is 18.9 Å². The quantitative estimate of drug-likeness (QED) is 0.714. The number of carbonyl (C=O) groups is 2. The van der Waals surface area contributed by atoms with E-state index in [-0.39, 0.29) is 6.42 Å². The van der Waals surface area contributed by atoms with Crippen molar-refractivity contribution in [3.05, 3.63) is 46.9 Å². The maximum absolute atomic E-state index is 11.9. The van der Waals surface area contributed by atoms with Gasteiger partial charge in [-0.3, -0.25) is 9.59 Å². The Morgan fingerprint density at radius 2 is 1.79 bits per heavy atom. The van der Waals surface area contributed by atoms with Crippen LogP contribution >= 0.6 is 0 Å². The standard InChI is InChI=1S/C18H20O6/c1-21-13-6-5-12(10-19)14(9-13)16-17(23-3)15(22-2)7-8-18(16,11-20)24-4/h5-7,9-11H,8H2,1-4H3. The van der Waals surface area contributed by atoms with Crippen molar-refractivity contribution in [2.45, 2.75) is 12.0 Å². The molecule has 0 aromatic heterocycles. The largest absolute Gasteiger partial charge is 0.497 e. The second-order valence-electron chi connectivity index (χ2n) is 5.17. The maximum Gasteiger partial charge on any atom is 0.167 e. The van der Waals surface area contributed by atoms with Crippen LogP contribution in [0.25, 0.3) is 5.57 Å². The number of methoxy groups -OCH3 is 4. The third-order valence-corrected chi connectivity index (χ3v) is 4.10. The van der Waals surface area contributed by atoms with Crippen molar-refractivity contribution in [2.75, 3.05) is 28.4 Å². The Bertz CT molecular complexity index is 703. The molecule has 0 heterocycles. The van der Waals surface area contributed by atoms with Crippen LogP contribution in [0, 0.1) is 0 Å². The molecule has 1 aromatic rings. The van der Waals surface area contributed by atoms with Crippen LogP contribution in [-0.4, -0.2) is 46.6 Å². The molecule has 24 heavy (non-hydrogen) atoms. The SMILES string of the molecule is COC1=CCC(C=O)(OC)C(c2cc(OC)ccc2C=O)=C1OC. The maximum atomic E-state index is 11.9. The Morgan fingerprint density at radius 3 is 2.29 bits per heavy atom. The first-order valence-corrected chi connectivity index (χ1v) is 7.29. The highest BCUT2D eigenvalue weighted by molar-refractivity contribution is 5.97. The first kappa shape index (κ1) is 17.7. The molecule has 1 aliphatic carbocycles. The van der Waals surface area contributed by atoms with Crippen LogP contribution in [-0.2, 0) is 19.0 Å². The highest BCUT2D eigenvalue weighted by atomic mass is 16.5. The number of carbonyl (C=O) groups excluding carboxylic acids is 2. The average molecular weight is 332 g/mol. The predicted molar refractivity (Wildman–Crippen MR) is 87.8 cm³/mol. The van der Waals surface area contributed by atoms with Gasteiger partial charge in [0.1, 0.15) is 5.75 Å². The van der Waals surface area contributed by atoms with E-state index in [1.54, 1.807) is 24.3 Å². The highest BCUT2D eigenvalue weighted by Crippen LogP contribution is 2.43. The zero-order valence-corrected chi connectivity index (χ0v) is 14.1. The fourth-order valence-corrected chi connectivity index (χ4v) is 2.81. The van der Waals surface area contributed by atoms with E-state index >= 15 is 0 Å². The number of hydrogen-bond acceptors (Lipinski definition) is 6. The lowest BCUT2D eigenvalue weighted by molar-refractivity contribution is -0.121. The molecule has 6 nitrogen and oxygen atoms in total. The monoisotopic (exact) mass is 332 g/mol. The molecule has 128 valence electrons. The normalized spacial score (nSPS) is 20.2. The van der Waals surface area contributed by atoms with E-state index in [2.05, 4.69) is 0 Å². The second-order valence-corrected chi connectivity index (χ2v) is 5.17. The van der Waals surface area contributed by atoms with Crippen molar-refractivity contribution in [2.24, 2.45) is 0 Å². The van der Waals surface area contributed by atoms with Crippen molar-refractivity contribution in [1.29, 1.82) is 0 Å². The lowest BCUT2D eigenvalue weighted by Gasteiger charge is -2.34. The van der Waals surface area contributed by atoms with E-state index in [9.17, 15) is 9.59 Å². The van der Waals surface area contributed by atoms with Crippen LogP contribution in [0.1, 0.15) is 22.3 Å². The van der Waals surface area contributed by atoms with Crippen molar-refractivity contribution >= 4 is 18.1 Å². The number of ether oxygens (including phenoxy) is 4. The van der Waals surface area contributed by atoms with E-state index < -0.39 is 5.60 Å². The molecule has 0 saturated carbocycles. The van der Waals surface area contributed by atoms with Gasteiger partial charge < -0.3 is 18.9 Å². The van der Waals surface area contributed by atoms with Gasteiger partial charge in [0.05, 0.1) is 21.3 Å². The lowest BCUT2D eigenvalue weighted by Crippen LogP contribution is -2.38. The molecular formula is C18H20O6. The van der Waals surface area contributed by atoms with Crippen molar-refractivity contribution in [1.82, 2.24) is 0 Å². The fourth-order valence-electron chi connectivity index (χ4n) is 2.81. The van der Waals surface area contributed by atoms with E-state index in [0.717, 1.165) is 0 Å². The van der Waals surface area contributed by atoms with Gasteiger partial charge in [0.2, 0.25) is 0 Å².